The first-order valence-corrected chi connectivity index (χ1v) is 8.17. The van der Waals surface area contributed by atoms with Crippen molar-refractivity contribution < 1.29 is 22.3 Å². The van der Waals surface area contributed by atoms with Crippen LogP contribution in [-0.4, -0.2) is 19.9 Å². The zero-order valence-electron chi connectivity index (χ0n) is 14.5. The molecule has 0 unspecified atom stereocenters. The van der Waals surface area contributed by atoms with Crippen LogP contribution < -0.4 is 15.8 Å². The van der Waals surface area contributed by atoms with Gasteiger partial charge in [-0.2, -0.15) is 18.2 Å². The maximum absolute atomic E-state index is 14.5. The van der Waals surface area contributed by atoms with Crippen LogP contribution in [0.5, 0.6) is 11.5 Å². The zero-order valence-corrected chi connectivity index (χ0v) is 14.5. The van der Waals surface area contributed by atoms with Crippen LogP contribution in [0.4, 0.5) is 35.0 Å². The van der Waals surface area contributed by atoms with E-state index in [1.807, 2.05) is 0 Å². The normalized spacial score (nSPS) is 11.6. The van der Waals surface area contributed by atoms with Crippen LogP contribution in [0.3, 0.4) is 0 Å². The largest absolute Gasteiger partial charge is 0.453 e. The van der Waals surface area contributed by atoms with Gasteiger partial charge in [-0.25, -0.2) is 14.4 Å². The summed E-state index contributed by atoms with van der Waals surface area (Å²) < 4.78 is 59.6. The van der Waals surface area contributed by atoms with Crippen molar-refractivity contribution >= 4 is 28.5 Å². The molecule has 0 amide bonds. The Morgan fingerprint density at radius 3 is 2.55 bits per heavy atom. The number of aromatic amines is 1. The van der Waals surface area contributed by atoms with Crippen molar-refractivity contribution in [3.05, 3.63) is 60.3 Å². The molecule has 0 atom stereocenters. The van der Waals surface area contributed by atoms with Gasteiger partial charge in [-0.1, -0.05) is 0 Å². The number of fused-ring (bicyclic) bond motifs is 1. The summed E-state index contributed by atoms with van der Waals surface area (Å²) in [7, 11) is 0. The van der Waals surface area contributed by atoms with E-state index in [0.29, 0.717) is 11.5 Å². The molecule has 0 aliphatic rings. The summed E-state index contributed by atoms with van der Waals surface area (Å²) in [6, 6.07) is 6.66. The number of benzene rings is 1. The SMILES string of the molecule is Nc1nccc(Nc2ccc(Oc3ccnc4[nH]cc(C(F)(F)F)c34)c(F)c2)n1. The van der Waals surface area contributed by atoms with Crippen LogP contribution in [0, 0.1) is 5.82 Å². The van der Waals surface area contributed by atoms with Crippen LogP contribution in [0.1, 0.15) is 5.56 Å². The lowest BCUT2D eigenvalue weighted by Crippen LogP contribution is -2.04. The zero-order chi connectivity index (χ0) is 20.6. The Kier molecular flexibility index (Phi) is 4.41. The highest BCUT2D eigenvalue weighted by Crippen LogP contribution is 2.40. The van der Waals surface area contributed by atoms with Crippen molar-refractivity contribution in [2.45, 2.75) is 6.18 Å². The second kappa shape index (κ2) is 6.93. The molecule has 29 heavy (non-hydrogen) atoms. The van der Waals surface area contributed by atoms with Gasteiger partial charge in [-0.15, -0.1) is 0 Å². The third-order valence-electron chi connectivity index (χ3n) is 3.94. The summed E-state index contributed by atoms with van der Waals surface area (Å²) in [5, 5.41) is 2.56. The minimum atomic E-state index is -4.62. The number of aromatic nitrogens is 4. The molecular formula is C18H12F4N6O. The van der Waals surface area contributed by atoms with E-state index in [-0.39, 0.29) is 28.5 Å². The van der Waals surface area contributed by atoms with Crippen LogP contribution in [-0.2, 0) is 6.18 Å². The number of H-pyrrole nitrogens is 1. The number of halogens is 4. The second-order valence-corrected chi connectivity index (χ2v) is 5.91. The minimum Gasteiger partial charge on any atom is -0.453 e. The Bertz CT molecular complexity index is 1190. The van der Waals surface area contributed by atoms with E-state index in [0.717, 1.165) is 12.3 Å². The molecule has 3 aromatic heterocycles. The van der Waals surface area contributed by atoms with Gasteiger partial charge in [0.25, 0.3) is 0 Å². The molecule has 0 fully saturated rings. The van der Waals surface area contributed by atoms with Gasteiger partial charge < -0.3 is 20.8 Å². The highest BCUT2D eigenvalue weighted by molar-refractivity contribution is 5.87. The van der Waals surface area contributed by atoms with Crippen molar-refractivity contribution in [2.24, 2.45) is 0 Å². The third kappa shape index (κ3) is 3.74. The number of anilines is 3. The van der Waals surface area contributed by atoms with Crippen molar-refractivity contribution in [1.29, 1.82) is 0 Å². The molecule has 3 heterocycles. The lowest BCUT2D eigenvalue weighted by molar-refractivity contribution is -0.136. The topological polar surface area (TPSA) is 102 Å². The standard InChI is InChI=1S/C18H12F4N6O/c19-11-7-9(27-14-4-6-25-17(23)28-14)1-2-12(11)29-13-3-5-24-16-15(13)10(8-26-16)18(20,21)22/h1-8H,(H,24,26)(H3,23,25,27,28). The van der Waals surface area contributed by atoms with Crippen LogP contribution in [0.25, 0.3) is 11.0 Å². The third-order valence-corrected chi connectivity index (χ3v) is 3.94. The molecule has 11 heteroatoms. The average molecular weight is 404 g/mol. The highest BCUT2D eigenvalue weighted by Gasteiger charge is 2.35. The predicted octanol–water partition coefficient (Wildman–Crippen LogP) is 4.63. The Morgan fingerprint density at radius 1 is 1.03 bits per heavy atom. The summed E-state index contributed by atoms with van der Waals surface area (Å²) in [6.45, 7) is 0. The monoisotopic (exact) mass is 404 g/mol. The molecule has 4 N–H and O–H groups in total. The molecule has 0 radical (unpaired) electrons. The van der Waals surface area contributed by atoms with Crippen LogP contribution in [0.2, 0.25) is 0 Å². The highest BCUT2D eigenvalue weighted by atomic mass is 19.4. The Balaban J connectivity index is 1.64. The Labute approximate surface area is 160 Å². The first-order valence-electron chi connectivity index (χ1n) is 8.17. The number of pyridine rings is 1. The summed E-state index contributed by atoms with van der Waals surface area (Å²) in [4.78, 5) is 14.0. The lowest BCUT2D eigenvalue weighted by Gasteiger charge is -2.12. The molecule has 7 nitrogen and oxygen atoms in total. The summed E-state index contributed by atoms with van der Waals surface area (Å²) in [6.07, 6.45) is -1.13. The quantitative estimate of drug-likeness (QED) is 0.429. The second-order valence-electron chi connectivity index (χ2n) is 5.91. The van der Waals surface area contributed by atoms with E-state index in [4.69, 9.17) is 10.5 Å². The van der Waals surface area contributed by atoms with Gasteiger partial charge in [0.1, 0.15) is 17.2 Å². The maximum atomic E-state index is 14.5. The predicted molar refractivity (Wildman–Crippen MR) is 97.3 cm³/mol. The first kappa shape index (κ1) is 18.5. The van der Waals surface area contributed by atoms with E-state index >= 15 is 0 Å². The van der Waals surface area contributed by atoms with Crippen molar-refractivity contribution in [3.63, 3.8) is 0 Å². The number of ether oxygens (including phenoxy) is 1. The fourth-order valence-corrected chi connectivity index (χ4v) is 2.71. The van der Waals surface area contributed by atoms with Crippen molar-refractivity contribution in [1.82, 2.24) is 19.9 Å². The van der Waals surface area contributed by atoms with E-state index in [1.54, 1.807) is 0 Å². The minimum absolute atomic E-state index is 0.0186. The van der Waals surface area contributed by atoms with Gasteiger partial charge in [0.15, 0.2) is 11.6 Å². The number of nitrogens with two attached hydrogens (primary N) is 1. The molecule has 0 aliphatic carbocycles. The summed E-state index contributed by atoms with van der Waals surface area (Å²) in [5.41, 5.74) is 4.86. The lowest BCUT2D eigenvalue weighted by atomic mass is 10.2. The van der Waals surface area contributed by atoms with Crippen molar-refractivity contribution in [2.75, 3.05) is 11.1 Å². The fourth-order valence-electron chi connectivity index (χ4n) is 2.71. The molecule has 148 valence electrons. The van der Waals surface area contributed by atoms with Crippen LogP contribution >= 0.6 is 0 Å². The van der Waals surface area contributed by atoms with E-state index < -0.39 is 17.6 Å². The Hall–Kier alpha value is -3.89. The molecule has 0 aliphatic heterocycles. The smallest absolute Gasteiger partial charge is 0.418 e. The van der Waals surface area contributed by atoms with E-state index in [9.17, 15) is 17.6 Å². The number of nitrogen functional groups attached to an aromatic ring is 1. The van der Waals surface area contributed by atoms with Gasteiger partial charge >= 0.3 is 6.18 Å². The number of hydrogen-bond acceptors (Lipinski definition) is 6. The molecule has 4 aromatic rings. The average Bonchev–Trinajstić information content (AvgIpc) is 3.09. The first-order chi connectivity index (χ1) is 13.8. The number of hydrogen-bond donors (Lipinski definition) is 3. The molecule has 0 saturated carbocycles. The van der Waals surface area contributed by atoms with Gasteiger partial charge in [-0.3, -0.25) is 0 Å². The van der Waals surface area contributed by atoms with Crippen molar-refractivity contribution in [3.8, 4) is 11.5 Å². The number of alkyl halides is 3. The van der Waals surface area contributed by atoms with Gasteiger partial charge in [0, 0.05) is 30.3 Å². The van der Waals surface area contributed by atoms with E-state index in [1.165, 1.54) is 36.7 Å². The molecule has 1 aromatic carbocycles. The van der Waals surface area contributed by atoms with E-state index in [2.05, 4.69) is 25.3 Å². The molecule has 0 saturated heterocycles. The van der Waals surface area contributed by atoms with Gasteiger partial charge in [-0.05, 0) is 24.3 Å². The maximum Gasteiger partial charge on any atom is 0.418 e. The van der Waals surface area contributed by atoms with Gasteiger partial charge in [0.05, 0.1) is 10.9 Å². The molecule has 0 bridgehead atoms. The molecule has 0 spiro atoms. The molecular weight excluding hydrogens is 392 g/mol. The Morgan fingerprint density at radius 2 is 1.83 bits per heavy atom. The van der Waals surface area contributed by atoms with Gasteiger partial charge in [0.2, 0.25) is 5.95 Å². The summed E-state index contributed by atoms with van der Waals surface area (Å²) in [5.74, 6) is -0.815. The molecule has 4 rings (SSSR count). The number of rotatable bonds is 4. The number of nitrogens with one attached hydrogen (secondary N) is 2. The van der Waals surface area contributed by atoms with Crippen LogP contribution in [0.15, 0.2) is 48.9 Å². The summed E-state index contributed by atoms with van der Waals surface area (Å²) >= 11 is 0. The fraction of sp³-hybridized carbons (Fsp3) is 0.0556. The number of nitrogens with zero attached hydrogens (tertiary/aromatic N) is 3.